The molecule has 0 spiro atoms. The summed E-state index contributed by atoms with van der Waals surface area (Å²) in [5.41, 5.74) is -0.813. The molecule has 1 aromatic carbocycles. The minimum absolute atomic E-state index is 0.0175. The van der Waals surface area contributed by atoms with Crippen molar-refractivity contribution >= 4 is 15.9 Å². The zero-order valence-electron chi connectivity index (χ0n) is 13.9. The molecule has 0 aliphatic carbocycles. The summed E-state index contributed by atoms with van der Waals surface area (Å²) >= 11 is 0. The van der Waals surface area contributed by atoms with E-state index in [4.69, 9.17) is 4.74 Å². The molecule has 1 N–H and O–H groups in total. The molecule has 8 heteroatoms. The lowest BCUT2D eigenvalue weighted by atomic mass is 9.83. The molecular formula is C16H23FN2O4S. The summed E-state index contributed by atoms with van der Waals surface area (Å²) in [6.45, 7) is 4.62. The van der Waals surface area contributed by atoms with Crippen molar-refractivity contribution in [3.63, 3.8) is 0 Å². The zero-order valence-corrected chi connectivity index (χ0v) is 14.7. The third-order valence-corrected chi connectivity index (χ3v) is 6.00. The van der Waals surface area contributed by atoms with E-state index in [1.807, 2.05) is 0 Å². The van der Waals surface area contributed by atoms with Crippen LogP contribution in [0.2, 0.25) is 0 Å². The van der Waals surface area contributed by atoms with E-state index in [0.29, 0.717) is 26.3 Å². The summed E-state index contributed by atoms with van der Waals surface area (Å²) in [6, 6.07) is 6.07. The van der Waals surface area contributed by atoms with Gasteiger partial charge in [0.15, 0.2) is 0 Å². The average Bonchev–Trinajstić information content (AvgIpc) is 2.55. The van der Waals surface area contributed by atoms with Gasteiger partial charge in [0.1, 0.15) is 5.82 Å². The van der Waals surface area contributed by atoms with Gasteiger partial charge >= 0.3 is 0 Å². The van der Waals surface area contributed by atoms with Gasteiger partial charge in [0.25, 0.3) is 0 Å². The summed E-state index contributed by atoms with van der Waals surface area (Å²) < 4.78 is 44.8. The average molecular weight is 358 g/mol. The molecule has 1 aliphatic heterocycles. The van der Waals surface area contributed by atoms with Gasteiger partial charge in [0, 0.05) is 25.2 Å². The second-order valence-corrected chi connectivity index (χ2v) is 8.28. The zero-order chi connectivity index (χ0) is 17.8. The lowest BCUT2D eigenvalue weighted by molar-refractivity contribution is -0.125. The van der Waals surface area contributed by atoms with E-state index in [0.717, 1.165) is 0 Å². The predicted octanol–water partition coefficient (Wildman–Crippen LogP) is 0.882. The monoisotopic (exact) mass is 358 g/mol. The smallest absolute Gasteiger partial charge is 0.230 e. The predicted molar refractivity (Wildman–Crippen MR) is 88.6 cm³/mol. The largest absolute Gasteiger partial charge is 0.379 e. The van der Waals surface area contributed by atoms with E-state index in [-0.39, 0.29) is 17.9 Å². The number of benzene rings is 1. The van der Waals surface area contributed by atoms with Crippen molar-refractivity contribution in [2.45, 2.75) is 19.3 Å². The van der Waals surface area contributed by atoms with Crippen LogP contribution in [0.5, 0.6) is 0 Å². The maximum Gasteiger partial charge on any atom is 0.230 e. The second-order valence-electron chi connectivity index (χ2n) is 6.19. The van der Waals surface area contributed by atoms with Crippen LogP contribution in [0.25, 0.3) is 0 Å². The van der Waals surface area contributed by atoms with Gasteiger partial charge < -0.3 is 10.1 Å². The van der Waals surface area contributed by atoms with E-state index < -0.39 is 27.2 Å². The SMILES string of the molecule is CC(C)(C(=O)NCCS(=O)(=O)N1CCOCC1)c1ccccc1F. The Morgan fingerprint density at radius 2 is 1.92 bits per heavy atom. The maximum atomic E-state index is 13.9. The van der Waals surface area contributed by atoms with Crippen LogP contribution >= 0.6 is 0 Å². The normalized spacial score (nSPS) is 16.8. The van der Waals surface area contributed by atoms with Crippen LogP contribution in [0.15, 0.2) is 24.3 Å². The molecule has 6 nitrogen and oxygen atoms in total. The van der Waals surface area contributed by atoms with E-state index in [9.17, 15) is 17.6 Å². The number of sulfonamides is 1. The molecule has 24 heavy (non-hydrogen) atoms. The van der Waals surface area contributed by atoms with Gasteiger partial charge in [-0.25, -0.2) is 12.8 Å². The summed E-state index contributed by atoms with van der Waals surface area (Å²) in [5, 5.41) is 2.60. The topological polar surface area (TPSA) is 75.7 Å². The van der Waals surface area contributed by atoms with Gasteiger partial charge in [0.2, 0.25) is 15.9 Å². The molecule has 0 unspecified atom stereocenters. The third kappa shape index (κ3) is 4.31. The highest BCUT2D eigenvalue weighted by Gasteiger charge is 2.32. The standard InChI is InChI=1S/C16H23FN2O4S/c1-16(2,13-5-3-4-6-14(13)17)15(20)18-7-12-24(21,22)19-8-10-23-11-9-19/h3-6H,7-12H2,1-2H3,(H,18,20). The van der Waals surface area contributed by atoms with E-state index in [2.05, 4.69) is 5.32 Å². The third-order valence-electron chi connectivity index (χ3n) is 4.12. The van der Waals surface area contributed by atoms with Crippen LogP contribution in [0.4, 0.5) is 4.39 Å². The molecule has 1 aromatic rings. The van der Waals surface area contributed by atoms with E-state index in [1.54, 1.807) is 32.0 Å². The summed E-state index contributed by atoms with van der Waals surface area (Å²) in [7, 11) is -3.43. The number of halogens is 1. The minimum Gasteiger partial charge on any atom is -0.379 e. The first-order chi connectivity index (χ1) is 11.2. The molecule has 1 fully saturated rings. The van der Waals surface area contributed by atoms with Gasteiger partial charge in [-0.05, 0) is 19.9 Å². The first kappa shape index (κ1) is 18.8. The summed E-state index contributed by atoms with van der Waals surface area (Å²) in [5.74, 6) is -1.06. The van der Waals surface area contributed by atoms with Crippen LogP contribution < -0.4 is 5.32 Å². The van der Waals surface area contributed by atoms with Gasteiger partial charge in [-0.2, -0.15) is 4.31 Å². The number of rotatable bonds is 6. The Morgan fingerprint density at radius 1 is 1.29 bits per heavy atom. The molecule has 0 radical (unpaired) electrons. The van der Waals surface area contributed by atoms with E-state index in [1.165, 1.54) is 10.4 Å². The van der Waals surface area contributed by atoms with Gasteiger partial charge in [-0.15, -0.1) is 0 Å². The first-order valence-electron chi connectivity index (χ1n) is 7.84. The van der Waals surface area contributed by atoms with Crippen LogP contribution in [0.1, 0.15) is 19.4 Å². The molecule has 1 amide bonds. The van der Waals surface area contributed by atoms with Gasteiger partial charge in [-0.3, -0.25) is 4.79 Å². The van der Waals surface area contributed by atoms with Crippen molar-refractivity contribution in [1.82, 2.24) is 9.62 Å². The molecule has 0 bridgehead atoms. The number of carbonyl (C=O) groups is 1. The Bertz CT molecular complexity index is 685. The highest BCUT2D eigenvalue weighted by molar-refractivity contribution is 7.89. The quantitative estimate of drug-likeness (QED) is 0.819. The number of hydrogen-bond acceptors (Lipinski definition) is 4. The highest BCUT2D eigenvalue weighted by Crippen LogP contribution is 2.25. The number of amides is 1. The lowest BCUT2D eigenvalue weighted by Crippen LogP contribution is -2.46. The lowest BCUT2D eigenvalue weighted by Gasteiger charge is -2.27. The Morgan fingerprint density at radius 3 is 2.54 bits per heavy atom. The van der Waals surface area contributed by atoms with E-state index >= 15 is 0 Å². The first-order valence-corrected chi connectivity index (χ1v) is 9.45. The van der Waals surface area contributed by atoms with Crippen molar-refractivity contribution in [3.05, 3.63) is 35.6 Å². The van der Waals surface area contributed by atoms with Crippen molar-refractivity contribution in [2.24, 2.45) is 0 Å². The number of carbonyl (C=O) groups excluding carboxylic acids is 1. The second kappa shape index (κ2) is 7.58. The summed E-state index contributed by atoms with van der Waals surface area (Å²) in [6.07, 6.45) is 0. The Balaban J connectivity index is 1.94. The fourth-order valence-electron chi connectivity index (χ4n) is 2.56. The van der Waals surface area contributed by atoms with Crippen LogP contribution in [0, 0.1) is 5.82 Å². The number of ether oxygens (including phenoxy) is 1. The Labute approximate surface area is 142 Å². The number of nitrogens with zero attached hydrogens (tertiary/aromatic N) is 1. The van der Waals surface area contributed by atoms with Crippen molar-refractivity contribution in [2.75, 3.05) is 38.6 Å². The number of morpholine rings is 1. The molecule has 134 valence electrons. The molecule has 0 atom stereocenters. The number of nitrogens with one attached hydrogen (secondary N) is 1. The highest BCUT2D eigenvalue weighted by atomic mass is 32.2. The number of hydrogen-bond donors (Lipinski definition) is 1. The van der Waals surface area contributed by atoms with Gasteiger partial charge in [0.05, 0.1) is 24.4 Å². The van der Waals surface area contributed by atoms with Crippen molar-refractivity contribution < 1.29 is 22.3 Å². The fourth-order valence-corrected chi connectivity index (χ4v) is 3.88. The van der Waals surface area contributed by atoms with Crippen molar-refractivity contribution in [1.29, 1.82) is 0 Å². The molecular weight excluding hydrogens is 335 g/mol. The Kier molecular flexibility index (Phi) is 5.95. The molecule has 1 aliphatic rings. The summed E-state index contributed by atoms with van der Waals surface area (Å²) in [4.78, 5) is 12.4. The molecule has 0 aromatic heterocycles. The van der Waals surface area contributed by atoms with Crippen molar-refractivity contribution in [3.8, 4) is 0 Å². The fraction of sp³-hybridized carbons (Fsp3) is 0.562. The molecule has 1 heterocycles. The van der Waals surface area contributed by atoms with Crippen LogP contribution in [-0.4, -0.2) is 57.2 Å². The minimum atomic E-state index is -3.43. The molecule has 0 saturated carbocycles. The Hall–Kier alpha value is -1.51. The maximum absolute atomic E-state index is 13.9. The molecule has 2 rings (SSSR count). The van der Waals surface area contributed by atoms with Gasteiger partial charge in [-0.1, -0.05) is 18.2 Å². The molecule has 1 saturated heterocycles. The van der Waals surface area contributed by atoms with Crippen LogP contribution in [0.3, 0.4) is 0 Å². The van der Waals surface area contributed by atoms with Crippen LogP contribution in [-0.2, 0) is 25.0 Å².